The molecule has 8 heteroatoms. The number of ether oxygens (including phenoxy) is 2. The van der Waals surface area contributed by atoms with Crippen LogP contribution in [0.2, 0.25) is 0 Å². The van der Waals surface area contributed by atoms with Gasteiger partial charge < -0.3 is 20.1 Å². The number of hydrogen-bond acceptors (Lipinski definition) is 7. The number of nitrogens with zero attached hydrogens (tertiary/aromatic N) is 3. The topological polar surface area (TPSA) is 112 Å². The van der Waals surface area contributed by atoms with Gasteiger partial charge in [0.05, 0.1) is 39.4 Å². The lowest BCUT2D eigenvalue weighted by molar-refractivity contribution is -0.116. The van der Waals surface area contributed by atoms with Crippen molar-refractivity contribution in [3.63, 3.8) is 0 Å². The summed E-state index contributed by atoms with van der Waals surface area (Å²) in [6.07, 6.45) is 1.96. The number of rotatable bonds is 6. The molecule has 0 radical (unpaired) electrons. The van der Waals surface area contributed by atoms with Crippen molar-refractivity contribution in [2.24, 2.45) is 5.73 Å². The van der Waals surface area contributed by atoms with Crippen LogP contribution in [0.3, 0.4) is 0 Å². The van der Waals surface area contributed by atoms with E-state index in [1.165, 1.54) is 0 Å². The molecule has 2 aliphatic rings. The Kier molecular flexibility index (Phi) is 7.32. The Morgan fingerprint density at radius 2 is 1.94 bits per heavy atom. The number of nitriles is 2. The standard InChI is InChI=1S/C27H25IN4O3/c1-3-34-23-12-18(11-20(28)26(23)35-15-17-8-5-4-7-16(17)13-29)24-19(14-30)27(31)32(2)21-9-6-10-22(33)25(21)24/h4-5,7-8,11-12,24H,3,6,9-10,15,31H2,1-2H3/t24-/m1/s1. The fraction of sp³-hybridized carbons (Fsp3) is 0.296. The first-order chi connectivity index (χ1) is 16.9. The summed E-state index contributed by atoms with van der Waals surface area (Å²) < 4.78 is 12.9. The predicted molar refractivity (Wildman–Crippen MR) is 139 cm³/mol. The molecule has 35 heavy (non-hydrogen) atoms. The summed E-state index contributed by atoms with van der Waals surface area (Å²) in [7, 11) is 1.81. The zero-order valence-electron chi connectivity index (χ0n) is 19.6. The second kappa shape index (κ2) is 10.4. The van der Waals surface area contributed by atoms with Crippen LogP contribution in [0.25, 0.3) is 0 Å². The number of carbonyl (C=O) groups is 1. The first-order valence-electron chi connectivity index (χ1n) is 11.4. The van der Waals surface area contributed by atoms with E-state index in [1.807, 2.05) is 44.3 Å². The molecule has 0 unspecified atom stereocenters. The number of halogens is 1. The minimum atomic E-state index is -0.555. The Hall–Kier alpha value is -3.50. The number of benzene rings is 2. The van der Waals surface area contributed by atoms with Gasteiger partial charge in [0.1, 0.15) is 12.4 Å². The van der Waals surface area contributed by atoms with Crippen molar-refractivity contribution in [1.29, 1.82) is 10.5 Å². The molecule has 0 aromatic heterocycles. The minimum absolute atomic E-state index is 0.0461. The number of hydrogen-bond donors (Lipinski definition) is 1. The average molecular weight is 580 g/mol. The first-order valence-corrected chi connectivity index (χ1v) is 12.5. The van der Waals surface area contributed by atoms with E-state index in [2.05, 4.69) is 34.7 Å². The molecule has 2 aromatic carbocycles. The lowest BCUT2D eigenvalue weighted by Crippen LogP contribution is -2.36. The second-order valence-corrected chi connectivity index (χ2v) is 9.52. The Morgan fingerprint density at radius 1 is 1.17 bits per heavy atom. The highest BCUT2D eigenvalue weighted by atomic mass is 127. The van der Waals surface area contributed by atoms with Crippen LogP contribution in [0.15, 0.2) is 59.1 Å². The fourth-order valence-corrected chi connectivity index (χ4v) is 5.44. The molecule has 0 amide bonds. The molecular weight excluding hydrogens is 555 g/mol. The van der Waals surface area contributed by atoms with Crippen LogP contribution in [0.5, 0.6) is 11.5 Å². The van der Waals surface area contributed by atoms with Crippen LogP contribution in [-0.4, -0.2) is 24.3 Å². The molecule has 0 fully saturated rings. The zero-order chi connectivity index (χ0) is 25.1. The predicted octanol–water partition coefficient (Wildman–Crippen LogP) is 4.87. The van der Waals surface area contributed by atoms with Crippen molar-refractivity contribution in [2.45, 2.75) is 38.7 Å². The van der Waals surface area contributed by atoms with Crippen molar-refractivity contribution in [2.75, 3.05) is 13.7 Å². The SMILES string of the molecule is CCOc1cc([C@@H]2C(C#N)=C(N)N(C)C3=C2C(=O)CCC3)cc(I)c1OCc1ccccc1C#N. The maximum atomic E-state index is 13.1. The van der Waals surface area contributed by atoms with Gasteiger partial charge in [0.2, 0.25) is 0 Å². The summed E-state index contributed by atoms with van der Waals surface area (Å²) in [4.78, 5) is 14.8. The molecule has 178 valence electrons. The van der Waals surface area contributed by atoms with Gasteiger partial charge in [-0.2, -0.15) is 10.5 Å². The number of Topliss-reactive ketones (excluding diaryl/α,β-unsaturated/α-hetero) is 1. The van der Waals surface area contributed by atoms with Gasteiger partial charge in [0.25, 0.3) is 0 Å². The fourth-order valence-electron chi connectivity index (χ4n) is 4.66. The van der Waals surface area contributed by atoms with Gasteiger partial charge >= 0.3 is 0 Å². The quantitative estimate of drug-likeness (QED) is 0.486. The molecule has 1 heterocycles. The van der Waals surface area contributed by atoms with E-state index in [1.54, 1.807) is 11.0 Å². The summed E-state index contributed by atoms with van der Waals surface area (Å²) in [6.45, 7) is 2.50. The maximum Gasteiger partial charge on any atom is 0.174 e. The van der Waals surface area contributed by atoms with Crippen molar-refractivity contribution in [3.05, 3.63) is 79.3 Å². The third kappa shape index (κ3) is 4.59. The lowest BCUT2D eigenvalue weighted by atomic mass is 9.76. The molecule has 2 N–H and O–H groups in total. The normalized spacial score (nSPS) is 17.6. The van der Waals surface area contributed by atoms with Gasteiger partial charge in [-0.25, -0.2) is 0 Å². The van der Waals surface area contributed by atoms with Gasteiger partial charge in [-0.1, -0.05) is 18.2 Å². The molecule has 4 rings (SSSR count). The molecular formula is C27H25IN4O3. The number of allylic oxidation sites excluding steroid dienone is 3. The van der Waals surface area contributed by atoms with Crippen molar-refractivity contribution >= 4 is 28.4 Å². The Morgan fingerprint density at radius 3 is 2.66 bits per heavy atom. The first kappa shape index (κ1) is 24.6. The minimum Gasteiger partial charge on any atom is -0.490 e. The van der Waals surface area contributed by atoms with Gasteiger partial charge in [0, 0.05) is 30.3 Å². The zero-order valence-corrected chi connectivity index (χ0v) is 21.8. The molecule has 1 aliphatic heterocycles. The monoisotopic (exact) mass is 580 g/mol. The number of carbonyl (C=O) groups excluding carboxylic acids is 1. The highest BCUT2D eigenvalue weighted by molar-refractivity contribution is 14.1. The Bertz CT molecular complexity index is 1330. The molecule has 0 bridgehead atoms. The molecule has 2 aromatic rings. The van der Waals surface area contributed by atoms with Crippen LogP contribution in [0, 0.1) is 26.2 Å². The van der Waals surface area contributed by atoms with E-state index in [-0.39, 0.29) is 12.4 Å². The van der Waals surface area contributed by atoms with Crippen molar-refractivity contribution in [3.8, 4) is 23.6 Å². The van der Waals surface area contributed by atoms with E-state index in [0.717, 1.165) is 33.2 Å². The van der Waals surface area contributed by atoms with Crippen LogP contribution in [-0.2, 0) is 11.4 Å². The molecule has 1 aliphatic carbocycles. The average Bonchev–Trinajstić information content (AvgIpc) is 2.86. The summed E-state index contributed by atoms with van der Waals surface area (Å²) in [5.41, 5.74) is 10.3. The van der Waals surface area contributed by atoms with E-state index >= 15 is 0 Å². The van der Waals surface area contributed by atoms with Gasteiger partial charge in [0.15, 0.2) is 17.3 Å². The largest absolute Gasteiger partial charge is 0.490 e. The van der Waals surface area contributed by atoms with Crippen LogP contribution >= 0.6 is 22.6 Å². The summed E-state index contributed by atoms with van der Waals surface area (Å²) in [5.74, 6) is 0.928. The van der Waals surface area contributed by atoms with Crippen molar-refractivity contribution in [1.82, 2.24) is 4.90 Å². The molecule has 0 saturated carbocycles. The highest BCUT2D eigenvalue weighted by Crippen LogP contribution is 2.46. The third-order valence-corrected chi connectivity index (χ3v) is 7.14. The van der Waals surface area contributed by atoms with E-state index < -0.39 is 5.92 Å². The Balaban J connectivity index is 1.79. The van der Waals surface area contributed by atoms with E-state index in [9.17, 15) is 15.3 Å². The summed E-state index contributed by atoms with van der Waals surface area (Å²) in [6, 6.07) is 15.5. The van der Waals surface area contributed by atoms with Crippen LogP contribution in [0.4, 0.5) is 0 Å². The smallest absolute Gasteiger partial charge is 0.174 e. The number of nitrogens with two attached hydrogens (primary N) is 1. The molecule has 1 atom stereocenters. The number of ketones is 1. The van der Waals surface area contributed by atoms with Gasteiger partial charge in [-0.05, 0) is 66.1 Å². The van der Waals surface area contributed by atoms with E-state index in [4.69, 9.17) is 15.2 Å². The van der Waals surface area contributed by atoms with Crippen LogP contribution < -0.4 is 15.2 Å². The second-order valence-electron chi connectivity index (χ2n) is 8.36. The van der Waals surface area contributed by atoms with Gasteiger partial charge in [-0.3, -0.25) is 4.79 Å². The van der Waals surface area contributed by atoms with Crippen LogP contribution in [0.1, 0.15) is 48.8 Å². The third-order valence-electron chi connectivity index (χ3n) is 6.34. The van der Waals surface area contributed by atoms with Gasteiger partial charge in [-0.15, -0.1) is 0 Å². The van der Waals surface area contributed by atoms with E-state index in [0.29, 0.717) is 47.1 Å². The molecule has 0 saturated heterocycles. The summed E-state index contributed by atoms with van der Waals surface area (Å²) >= 11 is 2.18. The maximum absolute atomic E-state index is 13.1. The van der Waals surface area contributed by atoms with Crippen molar-refractivity contribution < 1.29 is 14.3 Å². The lowest BCUT2D eigenvalue weighted by Gasteiger charge is -2.37. The Labute approximate surface area is 218 Å². The molecule has 7 nitrogen and oxygen atoms in total. The molecule has 0 spiro atoms. The highest BCUT2D eigenvalue weighted by Gasteiger charge is 2.39. The summed E-state index contributed by atoms with van der Waals surface area (Å²) in [5, 5.41) is 19.4.